The number of aryl methyl sites for hydroxylation is 1. The normalized spacial score (nSPS) is 17.5. The Labute approximate surface area is 355 Å². The summed E-state index contributed by atoms with van der Waals surface area (Å²) in [5.74, 6) is 0. The molecule has 0 N–H and O–H groups in total. The maximum Gasteiger partial charge on any atom is 0.0544 e. The molecule has 1 nitrogen and oxygen atoms in total. The van der Waals surface area contributed by atoms with Gasteiger partial charge in [0.15, 0.2) is 0 Å². The zero-order chi connectivity index (χ0) is 40.7. The van der Waals surface area contributed by atoms with Gasteiger partial charge in [0.2, 0.25) is 0 Å². The molecule has 5 aliphatic rings. The molecule has 1 heteroatoms. The van der Waals surface area contributed by atoms with Crippen LogP contribution in [-0.4, -0.2) is 0 Å². The largest absolute Gasteiger partial charge is 0.309 e. The Bertz CT molecular complexity index is 3040. The second-order valence-corrected chi connectivity index (χ2v) is 19.5. The van der Waals surface area contributed by atoms with Gasteiger partial charge >= 0.3 is 0 Å². The minimum absolute atomic E-state index is 0.218. The SMILES string of the molecule is CC1(C)c2cccc3c2N2c4c1cc(-c1c(-c5ccccc5)ccc5c1C=CCC5)cc4C(C)(C)c1cc(-c4c(-c5ccccc5)ccc5c4CCC=C5)cc(c12)C3(C)C. The van der Waals surface area contributed by atoms with Gasteiger partial charge in [-0.15, -0.1) is 0 Å². The molecule has 0 aromatic heterocycles. The molecule has 292 valence electrons. The maximum absolute atomic E-state index is 2.73. The first-order valence-electron chi connectivity index (χ1n) is 22.1. The van der Waals surface area contributed by atoms with Crippen LogP contribution in [0.5, 0.6) is 0 Å². The van der Waals surface area contributed by atoms with E-state index < -0.39 is 0 Å². The Kier molecular flexibility index (Phi) is 7.40. The van der Waals surface area contributed by atoms with E-state index in [1.54, 1.807) is 0 Å². The molecule has 12 rings (SSSR count). The summed E-state index contributed by atoms with van der Waals surface area (Å²) in [5.41, 5.74) is 28.1. The number of fused-ring (bicyclic) bond motifs is 2. The van der Waals surface area contributed by atoms with Crippen LogP contribution in [0.25, 0.3) is 56.7 Å². The summed E-state index contributed by atoms with van der Waals surface area (Å²) < 4.78 is 0. The minimum Gasteiger partial charge on any atom is -0.309 e. The first kappa shape index (κ1) is 35.7. The summed E-state index contributed by atoms with van der Waals surface area (Å²) >= 11 is 0. The molecular formula is C59H51N. The van der Waals surface area contributed by atoms with Gasteiger partial charge < -0.3 is 4.90 Å². The van der Waals surface area contributed by atoms with Crippen LogP contribution in [0.2, 0.25) is 0 Å². The molecule has 0 saturated heterocycles. The number of hydrogen-bond acceptors (Lipinski definition) is 1. The van der Waals surface area contributed by atoms with Gasteiger partial charge in [-0.2, -0.15) is 0 Å². The molecular weight excluding hydrogens is 723 g/mol. The first-order valence-corrected chi connectivity index (χ1v) is 22.1. The fourth-order valence-corrected chi connectivity index (χ4v) is 11.9. The third kappa shape index (κ3) is 4.75. The fourth-order valence-electron chi connectivity index (χ4n) is 11.9. The molecule has 60 heavy (non-hydrogen) atoms. The third-order valence-corrected chi connectivity index (χ3v) is 15.1. The van der Waals surface area contributed by atoms with Crippen molar-refractivity contribution in [1.29, 1.82) is 0 Å². The summed E-state index contributed by atoms with van der Waals surface area (Å²) in [6.07, 6.45) is 13.8. The van der Waals surface area contributed by atoms with Crippen molar-refractivity contribution in [3.8, 4) is 44.5 Å². The smallest absolute Gasteiger partial charge is 0.0544 e. The number of nitrogens with zero attached hydrogens (tertiary/aromatic N) is 1. The Morgan fingerprint density at radius 2 is 0.900 bits per heavy atom. The molecule has 0 unspecified atom stereocenters. The lowest BCUT2D eigenvalue weighted by molar-refractivity contribution is 0.567. The molecule has 3 heterocycles. The topological polar surface area (TPSA) is 3.24 Å². The quantitative estimate of drug-likeness (QED) is 0.172. The second-order valence-electron chi connectivity index (χ2n) is 19.5. The van der Waals surface area contributed by atoms with Crippen LogP contribution in [0.15, 0.2) is 140 Å². The lowest BCUT2D eigenvalue weighted by atomic mass is 9.60. The Hall–Kier alpha value is -6.18. The van der Waals surface area contributed by atoms with Crippen LogP contribution in [0.4, 0.5) is 17.1 Å². The molecule has 0 amide bonds. The minimum atomic E-state index is -0.300. The van der Waals surface area contributed by atoms with Gasteiger partial charge in [-0.05, 0) is 150 Å². The van der Waals surface area contributed by atoms with Crippen molar-refractivity contribution >= 4 is 29.2 Å². The number of para-hydroxylation sites is 1. The van der Waals surface area contributed by atoms with Crippen molar-refractivity contribution in [2.75, 3.05) is 4.90 Å². The van der Waals surface area contributed by atoms with Gasteiger partial charge in [-0.25, -0.2) is 0 Å². The van der Waals surface area contributed by atoms with Crippen LogP contribution in [0.1, 0.15) is 110 Å². The predicted octanol–water partition coefficient (Wildman–Crippen LogP) is 15.7. The molecule has 7 aromatic carbocycles. The molecule has 0 radical (unpaired) electrons. The van der Waals surface area contributed by atoms with Crippen molar-refractivity contribution in [2.24, 2.45) is 0 Å². The molecule has 0 saturated carbocycles. The second kappa shape index (κ2) is 12.4. The molecule has 7 aromatic rings. The van der Waals surface area contributed by atoms with Gasteiger partial charge in [0.05, 0.1) is 17.1 Å². The zero-order valence-corrected chi connectivity index (χ0v) is 35.7. The number of benzene rings is 7. The van der Waals surface area contributed by atoms with E-state index in [-0.39, 0.29) is 16.2 Å². The monoisotopic (exact) mass is 773 g/mol. The molecule has 0 spiro atoms. The highest BCUT2D eigenvalue weighted by atomic mass is 15.2. The van der Waals surface area contributed by atoms with E-state index in [1.807, 2.05) is 0 Å². The maximum atomic E-state index is 2.73. The van der Waals surface area contributed by atoms with E-state index >= 15 is 0 Å². The molecule has 3 aliphatic heterocycles. The van der Waals surface area contributed by atoms with Gasteiger partial charge in [0.25, 0.3) is 0 Å². The van der Waals surface area contributed by atoms with Crippen molar-refractivity contribution in [2.45, 2.75) is 83.5 Å². The van der Waals surface area contributed by atoms with E-state index in [4.69, 9.17) is 0 Å². The van der Waals surface area contributed by atoms with Gasteiger partial charge in [-0.1, -0.05) is 169 Å². The average Bonchev–Trinajstić information content (AvgIpc) is 3.27. The van der Waals surface area contributed by atoms with E-state index in [0.717, 1.165) is 25.7 Å². The lowest BCUT2D eigenvalue weighted by Gasteiger charge is -2.55. The molecule has 0 fully saturated rings. The lowest BCUT2D eigenvalue weighted by Crippen LogP contribution is -2.43. The van der Waals surface area contributed by atoms with Crippen molar-refractivity contribution < 1.29 is 0 Å². The first-order chi connectivity index (χ1) is 29.0. The number of hydrogen-bond donors (Lipinski definition) is 0. The number of allylic oxidation sites excluding steroid dienone is 2. The highest BCUT2D eigenvalue weighted by molar-refractivity contribution is 6.02. The van der Waals surface area contributed by atoms with Crippen LogP contribution in [0.3, 0.4) is 0 Å². The summed E-state index contributed by atoms with van der Waals surface area (Å²) in [4.78, 5) is 2.73. The predicted molar refractivity (Wildman–Crippen MR) is 254 cm³/mol. The average molecular weight is 774 g/mol. The van der Waals surface area contributed by atoms with E-state index in [2.05, 4.69) is 198 Å². The van der Waals surface area contributed by atoms with Crippen molar-refractivity contribution in [3.63, 3.8) is 0 Å². The molecule has 0 bridgehead atoms. The van der Waals surface area contributed by atoms with E-state index in [1.165, 1.54) is 117 Å². The third-order valence-electron chi connectivity index (χ3n) is 15.1. The zero-order valence-electron chi connectivity index (χ0n) is 35.7. The highest BCUT2D eigenvalue weighted by Crippen LogP contribution is 2.67. The van der Waals surface area contributed by atoms with Gasteiger partial charge in [0, 0.05) is 16.2 Å². The number of anilines is 3. The summed E-state index contributed by atoms with van der Waals surface area (Å²) in [6.45, 7) is 14.9. The van der Waals surface area contributed by atoms with Crippen LogP contribution < -0.4 is 4.90 Å². The Morgan fingerprint density at radius 3 is 1.50 bits per heavy atom. The van der Waals surface area contributed by atoms with Crippen LogP contribution in [0, 0.1) is 0 Å². The van der Waals surface area contributed by atoms with Crippen LogP contribution >= 0.6 is 0 Å². The standard InChI is InChI=1S/C59H51N/c1-57(2)46-26-17-27-47-54(46)60-55-48(57)32-40(52-42-24-15-13-22-38(42)28-30-44(52)36-18-9-7-10-19-36)34-50(55)59(5,6)51-35-41(33-49(56(51)60)58(47,3)4)53-43-25-16-14-23-39(43)29-31-45(53)37-20-11-8-12-21-37/h7-13,16-22,25-35H,14-15,23-24H2,1-6H3. The van der Waals surface area contributed by atoms with Gasteiger partial charge in [-0.3, -0.25) is 0 Å². The highest BCUT2D eigenvalue weighted by Gasteiger charge is 2.52. The Balaban J connectivity index is 1.19. The van der Waals surface area contributed by atoms with E-state index in [0.29, 0.717) is 0 Å². The van der Waals surface area contributed by atoms with Crippen molar-refractivity contribution in [3.05, 3.63) is 195 Å². The van der Waals surface area contributed by atoms with Crippen LogP contribution in [-0.2, 0) is 29.1 Å². The Morgan fingerprint density at radius 1 is 0.417 bits per heavy atom. The van der Waals surface area contributed by atoms with Gasteiger partial charge in [0.1, 0.15) is 0 Å². The van der Waals surface area contributed by atoms with Crippen molar-refractivity contribution in [1.82, 2.24) is 0 Å². The molecule has 2 aliphatic carbocycles. The molecule has 0 atom stereocenters. The van der Waals surface area contributed by atoms with E-state index in [9.17, 15) is 0 Å². The number of rotatable bonds is 4. The summed E-state index contributed by atoms with van der Waals surface area (Å²) in [7, 11) is 0. The fraction of sp³-hybridized carbons (Fsp3) is 0.220. The summed E-state index contributed by atoms with van der Waals surface area (Å²) in [6, 6.07) is 49.2. The summed E-state index contributed by atoms with van der Waals surface area (Å²) in [5, 5.41) is 0.